The van der Waals surface area contributed by atoms with Crippen molar-refractivity contribution in [3.63, 3.8) is 0 Å². The van der Waals surface area contributed by atoms with Crippen LogP contribution >= 0.6 is 0 Å². The largest absolute Gasteiger partial charge is 0.469 e. The van der Waals surface area contributed by atoms with E-state index in [4.69, 9.17) is 14.2 Å². The Labute approximate surface area is 170 Å². The lowest BCUT2D eigenvalue weighted by atomic mass is 9.71. The van der Waals surface area contributed by atoms with Crippen molar-refractivity contribution in [2.75, 3.05) is 13.7 Å². The fourth-order valence-corrected chi connectivity index (χ4v) is 4.20. The molecular formula is C23H26O6. The number of fused-ring (bicyclic) bond motifs is 1. The molecule has 2 aliphatic rings. The van der Waals surface area contributed by atoms with E-state index in [1.807, 2.05) is 30.3 Å². The standard InChI is InChI=1S/C23H26O6/c1-3-28-21(26)10-9-18-19-15-17(24)11-13-23(19,14-12-20(25)27-2)29-22(18)16-7-5-4-6-8-16/h4-11,13,18-19,22H,3,12,14-15H2,1-2H3/b10-9+/t18-,19-,22-,23+/m1/s1. The zero-order valence-electron chi connectivity index (χ0n) is 16.7. The van der Waals surface area contributed by atoms with Crippen LogP contribution < -0.4 is 0 Å². The minimum Gasteiger partial charge on any atom is -0.469 e. The number of rotatable bonds is 7. The summed E-state index contributed by atoms with van der Waals surface area (Å²) in [6, 6.07) is 9.70. The van der Waals surface area contributed by atoms with Gasteiger partial charge in [-0.2, -0.15) is 0 Å². The van der Waals surface area contributed by atoms with Gasteiger partial charge < -0.3 is 14.2 Å². The third kappa shape index (κ3) is 4.65. The summed E-state index contributed by atoms with van der Waals surface area (Å²) in [5, 5.41) is 0. The van der Waals surface area contributed by atoms with Gasteiger partial charge in [0.25, 0.3) is 0 Å². The molecule has 0 bridgehead atoms. The zero-order valence-corrected chi connectivity index (χ0v) is 16.7. The predicted octanol–water partition coefficient (Wildman–Crippen LogP) is 3.33. The molecule has 1 aliphatic heterocycles. The molecule has 6 heteroatoms. The summed E-state index contributed by atoms with van der Waals surface area (Å²) in [5.74, 6) is -1.15. The Kier molecular flexibility index (Phi) is 6.64. The maximum Gasteiger partial charge on any atom is 0.330 e. The third-order valence-corrected chi connectivity index (χ3v) is 5.58. The number of hydrogen-bond donors (Lipinski definition) is 0. The zero-order chi connectivity index (χ0) is 20.9. The monoisotopic (exact) mass is 398 g/mol. The molecule has 154 valence electrons. The van der Waals surface area contributed by atoms with Crippen molar-refractivity contribution in [2.24, 2.45) is 11.8 Å². The lowest BCUT2D eigenvalue weighted by molar-refractivity contribution is -0.142. The Morgan fingerprint density at radius 2 is 2.03 bits per heavy atom. The second-order valence-corrected chi connectivity index (χ2v) is 7.28. The van der Waals surface area contributed by atoms with E-state index in [1.165, 1.54) is 19.3 Å². The first-order chi connectivity index (χ1) is 14.0. The van der Waals surface area contributed by atoms with Gasteiger partial charge in [0, 0.05) is 30.8 Å². The first-order valence-corrected chi connectivity index (χ1v) is 9.85. The molecule has 29 heavy (non-hydrogen) atoms. The number of carbonyl (C=O) groups is 3. The maximum absolute atomic E-state index is 12.2. The van der Waals surface area contributed by atoms with Crippen LogP contribution in [0.25, 0.3) is 0 Å². The molecule has 1 saturated heterocycles. The highest BCUT2D eigenvalue weighted by Crippen LogP contribution is 2.54. The maximum atomic E-state index is 12.2. The van der Waals surface area contributed by atoms with E-state index in [9.17, 15) is 14.4 Å². The van der Waals surface area contributed by atoms with Crippen molar-refractivity contribution in [3.05, 3.63) is 60.2 Å². The normalized spacial score (nSPS) is 28.3. The summed E-state index contributed by atoms with van der Waals surface area (Å²) < 4.78 is 16.3. The van der Waals surface area contributed by atoms with Crippen molar-refractivity contribution < 1.29 is 28.6 Å². The Morgan fingerprint density at radius 1 is 1.28 bits per heavy atom. The molecule has 1 heterocycles. The smallest absolute Gasteiger partial charge is 0.330 e. The van der Waals surface area contributed by atoms with E-state index in [0.717, 1.165) is 5.56 Å². The van der Waals surface area contributed by atoms with Gasteiger partial charge in [-0.3, -0.25) is 9.59 Å². The molecule has 1 aromatic carbocycles. The number of ketones is 1. The molecule has 0 aromatic heterocycles. The molecule has 0 unspecified atom stereocenters. The average Bonchev–Trinajstić information content (AvgIpc) is 3.05. The van der Waals surface area contributed by atoms with Gasteiger partial charge in [-0.15, -0.1) is 0 Å². The summed E-state index contributed by atoms with van der Waals surface area (Å²) in [5.41, 5.74) is 0.186. The van der Waals surface area contributed by atoms with E-state index in [2.05, 4.69) is 0 Å². The molecule has 6 nitrogen and oxygen atoms in total. The third-order valence-electron chi connectivity index (χ3n) is 5.58. The van der Waals surface area contributed by atoms with Crippen LogP contribution in [0.3, 0.4) is 0 Å². The summed E-state index contributed by atoms with van der Waals surface area (Å²) in [6.07, 6.45) is 7.04. The quantitative estimate of drug-likeness (QED) is 0.518. The van der Waals surface area contributed by atoms with Gasteiger partial charge in [-0.1, -0.05) is 36.4 Å². The molecule has 0 saturated carbocycles. The van der Waals surface area contributed by atoms with Gasteiger partial charge in [0.15, 0.2) is 5.78 Å². The van der Waals surface area contributed by atoms with Crippen LogP contribution in [0.4, 0.5) is 0 Å². The van der Waals surface area contributed by atoms with E-state index < -0.39 is 11.6 Å². The number of benzene rings is 1. The van der Waals surface area contributed by atoms with Crippen LogP contribution in [0.1, 0.15) is 37.9 Å². The Balaban J connectivity index is 1.97. The summed E-state index contributed by atoms with van der Waals surface area (Å²) in [4.78, 5) is 35.9. The number of carbonyl (C=O) groups excluding carboxylic acids is 3. The molecule has 3 rings (SSSR count). The summed E-state index contributed by atoms with van der Waals surface area (Å²) >= 11 is 0. The average molecular weight is 398 g/mol. The highest BCUT2D eigenvalue weighted by Gasteiger charge is 2.54. The Bertz CT molecular complexity index is 812. The highest BCUT2D eigenvalue weighted by atomic mass is 16.5. The van der Waals surface area contributed by atoms with E-state index in [0.29, 0.717) is 19.4 Å². The fourth-order valence-electron chi connectivity index (χ4n) is 4.20. The molecule has 0 radical (unpaired) electrons. The SMILES string of the molecule is CCOC(=O)/C=C/[C@H]1[C@@H](c2ccccc2)O[C@]2(CCC(=O)OC)C=CC(=O)C[C@H]12. The van der Waals surface area contributed by atoms with Gasteiger partial charge in [0.2, 0.25) is 0 Å². The van der Waals surface area contributed by atoms with Crippen molar-refractivity contribution in [1.82, 2.24) is 0 Å². The van der Waals surface area contributed by atoms with Crippen molar-refractivity contribution in [3.8, 4) is 0 Å². The highest BCUT2D eigenvalue weighted by molar-refractivity contribution is 5.91. The van der Waals surface area contributed by atoms with Gasteiger partial charge in [-0.25, -0.2) is 4.79 Å². The second-order valence-electron chi connectivity index (χ2n) is 7.28. The molecule has 0 amide bonds. The van der Waals surface area contributed by atoms with Crippen molar-refractivity contribution in [2.45, 2.75) is 37.9 Å². The van der Waals surface area contributed by atoms with Crippen LogP contribution in [0.15, 0.2) is 54.6 Å². The van der Waals surface area contributed by atoms with Crippen LogP contribution in [-0.2, 0) is 28.6 Å². The lowest BCUT2D eigenvalue weighted by Crippen LogP contribution is -2.39. The molecular weight excluding hydrogens is 372 g/mol. The van der Waals surface area contributed by atoms with E-state index in [1.54, 1.807) is 19.1 Å². The molecule has 1 aromatic rings. The summed E-state index contributed by atoms with van der Waals surface area (Å²) in [6.45, 7) is 2.04. The molecule has 0 spiro atoms. The number of hydrogen-bond acceptors (Lipinski definition) is 6. The van der Waals surface area contributed by atoms with Crippen molar-refractivity contribution in [1.29, 1.82) is 0 Å². The molecule has 1 fully saturated rings. The number of esters is 2. The van der Waals surface area contributed by atoms with Crippen LogP contribution in [0.5, 0.6) is 0 Å². The van der Waals surface area contributed by atoms with Gasteiger partial charge in [0.05, 0.1) is 25.4 Å². The summed E-state index contributed by atoms with van der Waals surface area (Å²) in [7, 11) is 1.35. The Hall–Kier alpha value is -2.73. The lowest BCUT2D eigenvalue weighted by Gasteiger charge is -2.34. The molecule has 0 N–H and O–H groups in total. The van der Waals surface area contributed by atoms with E-state index in [-0.39, 0.29) is 36.1 Å². The number of ether oxygens (including phenoxy) is 3. The van der Waals surface area contributed by atoms with Crippen LogP contribution in [-0.4, -0.2) is 37.0 Å². The van der Waals surface area contributed by atoms with E-state index >= 15 is 0 Å². The Morgan fingerprint density at radius 3 is 2.72 bits per heavy atom. The minimum absolute atomic E-state index is 0.00976. The van der Waals surface area contributed by atoms with Crippen LogP contribution in [0.2, 0.25) is 0 Å². The van der Waals surface area contributed by atoms with Crippen LogP contribution in [0, 0.1) is 11.8 Å². The molecule has 1 aliphatic carbocycles. The van der Waals surface area contributed by atoms with Gasteiger partial charge >= 0.3 is 11.9 Å². The topological polar surface area (TPSA) is 78.9 Å². The first kappa shape index (κ1) is 21.0. The van der Waals surface area contributed by atoms with Gasteiger partial charge in [0.1, 0.15) is 0 Å². The molecule has 4 atom stereocenters. The number of allylic oxidation sites excluding steroid dienone is 1. The predicted molar refractivity (Wildman–Crippen MR) is 106 cm³/mol. The first-order valence-electron chi connectivity index (χ1n) is 9.85. The fraction of sp³-hybridized carbons (Fsp3) is 0.435. The van der Waals surface area contributed by atoms with Gasteiger partial charge in [-0.05, 0) is 31.1 Å². The minimum atomic E-state index is -0.772. The second kappa shape index (κ2) is 9.18. The van der Waals surface area contributed by atoms with Crippen molar-refractivity contribution >= 4 is 17.7 Å². The number of methoxy groups -OCH3 is 1.